The highest BCUT2D eigenvalue weighted by atomic mass is 19.1. The first kappa shape index (κ1) is 18.2. The summed E-state index contributed by atoms with van der Waals surface area (Å²) in [5.41, 5.74) is 6.42. The Morgan fingerprint density at radius 3 is 2.33 bits per heavy atom. The molecule has 142 valence electrons. The third-order valence-electron chi connectivity index (χ3n) is 5.43. The highest BCUT2D eigenvalue weighted by Crippen LogP contribution is 2.34. The maximum absolute atomic E-state index is 15.3. The first-order valence-electron chi connectivity index (χ1n) is 10.1. The first-order chi connectivity index (χ1) is 12.9. The van der Waals surface area contributed by atoms with E-state index in [0.29, 0.717) is 17.2 Å². The Morgan fingerprint density at radius 1 is 1.04 bits per heavy atom. The Labute approximate surface area is 164 Å². The molecular weight excluding hydrogens is 333 g/mol. The Hall–Kier alpha value is -2.22. The molecule has 1 nitrogen and oxygen atoms in total. The van der Waals surface area contributed by atoms with Crippen molar-refractivity contribution in [3.8, 4) is 11.3 Å². The molecule has 0 aliphatic heterocycles. The van der Waals surface area contributed by atoms with E-state index >= 15 is 4.39 Å². The van der Waals surface area contributed by atoms with Gasteiger partial charge in [0.2, 0.25) is 5.69 Å². The summed E-state index contributed by atoms with van der Waals surface area (Å²) in [7, 11) is 1.93. The van der Waals surface area contributed by atoms with Crippen LogP contribution in [0.25, 0.3) is 22.0 Å². The molecule has 0 radical (unpaired) electrons. The van der Waals surface area contributed by atoms with E-state index in [4.69, 9.17) is 1.37 Å². The third-order valence-corrected chi connectivity index (χ3v) is 5.43. The van der Waals surface area contributed by atoms with Crippen LogP contribution in [0, 0.1) is 38.9 Å². The van der Waals surface area contributed by atoms with E-state index in [2.05, 4.69) is 39.0 Å². The monoisotopic (exact) mass is 365 g/mol. The summed E-state index contributed by atoms with van der Waals surface area (Å²) in [6, 6.07) is 8.74. The maximum Gasteiger partial charge on any atom is 0.223 e. The minimum atomic E-state index is -0.170. The fourth-order valence-electron chi connectivity index (χ4n) is 3.89. The SMILES string of the molecule is [2H]c1c(C)[n+](C)c(-c2c(C)c(C)cc(C)c2F)c2ccc(CC(C)(C)C)cc12. The number of nitrogens with zero attached hydrogens (tertiary/aromatic N) is 1. The molecule has 27 heavy (non-hydrogen) atoms. The van der Waals surface area contributed by atoms with Crippen LogP contribution in [0.4, 0.5) is 4.39 Å². The van der Waals surface area contributed by atoms with Crippen LogP contribution in [0.3, 0.4) is 0 Å². The number of hydrogen-bond acceptors (Lipinski definition) is 0. The van der Waals surface area contributed by atoms with Crippen LogP contribution in [0.2, 0.25) is 0 Å². The fraction of sp³-hybridized carbons (Fsp3) is 0.400. The predicted molar refractivity (Wildman–Crippen MR) is 113 cm³/mol. The van der Waals surface area contributed by atoms with Crippen molar-refractivity contribution in [2.24, 2.45) is 12.5 Å². The Bertz CT molecular complexity index is 1060. The summed E-state index contributed by atoms with van der Waals surface area (Å²) < 4.78 is 26.0. The number of halogens is 1. The van der Waals surface area contributed by atoms with Gasteiger partial charge in [-0.3, -0.25) is 0 Å². The van der Waals surface area contributed by atoms with Gasteiger partial charge >= 0.3 is 0 Å². The van der Waals surface area contributed by atoms with E-state index in [1.165, 1.54) is 5.56 Å². The third kappa shape index (κ3) is 3.63. The molecule has 3 rings (SSSR count). The van der Waals surface area contributed by atoms with Crippen molar-refractivity contribution in [2.75, 3.05) is 0 Å². The van der Waals surface area contributed by atoms with Crippen LogP contribution in [-0.4, -0.2) is 0 Å². The highest BCUT2D eigenvalue weighted by molar-refractivity contribution is 5.94. The van der Waals surface area contributed by atoms with Crippen molar-refractivity contribution < 1.29 is 10.3 Å². The van der Waals surface area contributed by atoms with Gasteiger partial charge in [0.15, 0.2) is 5.69 Å². The molecule has 2 aromatic carbocycles. The lowest BCUT2D eigenvalue weighted by atomic mass is 9.87. The van der Waals surface area contributed by atoms with Crippen LogP contribution in [0.15, 0.2) is 30.3 Å². The summed E-state index contributed by atoms with van der Waals surface area (Å²) in [6.07, 6.45) is 0.939. The van der Waals surface area contributed by atoms with Gasteiger partial charge in [-0.25, -0.2) is 4.39 Å². The zero-order chi connectivity index (χ0) is 21.0. The van der Waals surface area contributed by atoms with Gasteiger partial charge in [-0.05, 0) is 66.3 Å². The lowest BCUT2D eigenvalue weighted by molar-refractivity contribution is -0.665. The molecule has 0 N–H and O–H groups in total. The summed E-state index contributed by atoms with van der Waals surface area (Å²) in [5.74, 6) is -0.170. The van der Waals surface area contributed by atoms with Gasteiger partial charge in [0.25, 0.3) is 0 Å². The second kappa shape index (κ2) is 6.74. The zero-order valence-electron chi connectivity index (χ0n) is 18.8. The molecular formula is C25H31FN+. The van der Waals surface area contributed by atoms with Crippen molar-refractivity contribution in [1.29, 1.82) is 0 Å². The molecule has 0 saturated carbocycles. The summed E-state index contributed by atoms with van der Waals surface area (Å²) in [5, 5.41) is 1.83. The van der Waals surface area contributed by atoms with Gasteiger partial charge in [-0.2, -0.15) is 4.57 Å². The Kier molecular flexibility index (Phi) is 4.53. The van der Waals surface area contributed by atoms with E-state index < -0.39 is 0 Å². The second-order valence-corrected chi connectivity index (χ2v) is 9.06. The van der Waals surface area contributed by atoms with Crippen LogP contribution >= 0.6 is 0 Å². The lowest BCUT2D eigenvalue weighted by Crippen LogP contribution is -2.35. The molecule has 0 bridgehead atoms. The molecule has 0 aliphatic rings. The molecule has 0 unspecified atom stereocenters. The topological polar surface area (TPSA) is 3.88 Å². The molecule has 3 aromatic rings. The summed E-state index contributed by atoms with van der Waals surface area (Å²) in [6.45, 7) is 14.4. The van der Waals surface area contributed by atoms with Crippen LogP contribution in [0.5, 0.6) is 0 Å². The number of hydrogen-bond donors (Lipinski definition) is 0. The summed E-state index contributed by atoms with van der Waals surface area (Å²) in [4.78, 5) is 0. The van der Waals surface area contributed by atoms with Crippen LogP contribution in [-0.2, 0) is 13.5 Å². The molecule has 0 saturated heterocycles. The average molecular weight is 366 g/mol. The molecule has 1 heterocycles. The van der Waals surface area contributed by atoms with Crippen molar-refractivity contribution in [3.63, 3.8) is 0 Å². The van der Waals surface area contributed by atoms with Crippen molar-refractivity contribution in [3.05, 3.63) is 64.1 Å². The largest absolute Gasteiger partial charge is 0.223 e. The van der Waals surface area contributed by atoms with Crippen LogP contribution < -0.4 is 4.57 Å². The Morgan fingerprint density at radius 2 is 1.70 bits per heavy atom. The van der Waals surface area contributed by atoms with Gasteiger partial charge in [0, 0.05) is 13.0 Å². The zero-order valence-corrected chi connectivity index (χ0v) is 17.8. The molecule has 0 atom stereocenters. The Balaban J connectivity index is 2.42. The number of benzene rings is 2. The maximum atomic E-state index is 15.3. The van der Waals surface area contributed by atoms with E-state index in [1.54, 1.807) is 0 Å². The minimum Gasteiger partial charge on any atom is -0.206 e. The van der Waals surface area contributed by atoms with E-state index in [1.807, 2.05) is 45.4 Å². The standard InChI is InChI=1S/C25H31FN/c1-15-11-16(2)23(26)22(18(15)4)24-21-10-9-19(14-25(5,6)7)13-20(21)12-17(3)27(24)8/h9-13H,14H2,1-8H3/q+1/i12D. The van der Waals surface area contributed by atoms with Gasteiger partial charge in [0.1, 0.15) is 12.9 Å². The first-order valence-corrected chi connectivity index (χ1v) is 9.61. The molecule has 0 amide bonds. The van der Waals surface area contributed by atoms with E-state index in [-0.39, 0.29) is 11.2 Å². The lowest BCUT2D eigenvalue weighted by Gasteiger charge is -2.19. The fourth-order valence-corrected chi connectivity index (χ4v) is 3.89. The summed E-state index contributed by atoms with van der Waals surface area (Å²) >= 11 is 0. The number of pyridine rings is 1. The number of fused-ring (bicyclic) bond motifs is 1. The van der Waals surface area contributed by atoms with Crippen molar-refractivity contribution >= 4 is 10.8 Å². The van der Waals surface area contributed by atoms with Gasteiger partial charge < -0.3 is 0 Å². The predicted octanol–water partition coefficient (Wildman–Crippen LogP) is 6.29. The van der Waals surface area contributed by atoms with Gasteiger partial charge in [-0.1, -0.05) is 39.0 Å². The number of aryl methyl sites for hydroxylation is 2. The second-order valence-electron chi connectivity index (χ2n) is 9.06. The number of aromatic nitrogens is 1. The van der Waals surface area contributed by atoms with Crippen molar-refractivity contribution in [2.45, 2.75) is 54.9 Å². The van der Waals surface area contributed by atoms with Crippen LogP contribution in [0.1, 0.15) is 50.1 Å². The molecule has 0 spiro atoms. The van der Waals surface area contributed by atoms with Gasteiger partial charge in [0.05, 0.1) is 12.3 Å². The minimum absolute atomic E-state index is 0.170. The normalized spacial score (nSPS) is 12.6. The van der Waals surface area contributed by atoms with Gasteiger partial charge in [-0.15, -0.1) is 0 Å². The van der Waals surface area contributed by atoms with E-state index in [0.717, 1.165) is 39.7 Å². The molecule has 2 heteroatoms. The van der Waals surface area contributed by atoms with Crippen molar-refractivity contribution in [1.82, 2.24) is 0 Å². The van der Waals surface area contributed by atoms with E-state index in [9.17, 15) is 0 Å². The molecule has 0 fully saturated rings. The highest BCUT2D eigenvalue weighted by Gasteiger charge is 2.25. The average Bonchev–Trinajstić information content (AvgIpc) is 2.60. The molecule has 1 aromatic heterocycles. The smallest absolute Gasteiger partial charge is 0.206 e. The molecule has 0 aliphatic carbocycles. The quantitative estimate of drug-likeness (QED) is 0.470. The number of rotatable bonds is 2.